The Balaban J connectivity index is 1.35. The van der Waals surface area contributed by atoms with Crippen LogP contribution in [0.1, 0.15) is 15.9 Å². The summed E-state index contributed by atoms with van der Waals surface area (Å²) in [4.78, 5) is 26.6. The molecule has 0 radical (unpaired) electrons. The standard InChI is InChI=1S/C23H19F2N3O2/c24-17-7-10-19(25)20(13-17)27-22(29)14-26-18-8-5-16(6-9-18)23(30)28-12-11-15-3-1-2-4-21(15)28/h1-10,13,26H,11-12,14H2,(H,27,29). The van der Waals surface area contributed by atoms with Gasteiger partial charge in [0, 0.05) is 29.5 Å². The molecule has 4 rings (SSSR count). The van der Waals surface area contributed by atoms with Crippen LogP contribution >= 0.6 is 0 Å². The molecular formula is C23H19F2N3O2. The lowest BCUT2D eigenvalue weighted by molar-refractivity contribution is -0.114. The van der Waals surface area contributed by atoms with Gasteiger partial charge in [0.25, 0.3) is 5.91 Å². The van der Waals surface area contributed by atoms with E-state index in [0.717, 1.165) is 35.9 Å². The highest BCUT2D eigenvalue weighted by molar-refractivity contribution is 6.07. The first-order chi connectivity index (χ1) is 14.5. The first-order valence-electron chi connectivity index (χ1n) is 9.50. The minimum Gasteiger partial charge on any atom is -0.376 e. The fourth-order valence-corrected chi connectivity index (χ4v) is 3.41. The Labute approximate surface area is 172 Å². The molecule has 0 unspecified atom stereocenters. The van der Waals surface area contributed by atoms with E-state index in [1.807, 2.05) is 24.3 Å². The van der Waals surface area contributed by atoms with Crippen molar-refractivity contribution in [1.29, 1.82) is 0 Å². The van der Waals surface area contributed by atoms with Gasteiger partial charge in [0.05, 0.1) is 12.2 Å². The number of carbonyl (C=O) groups excluding carboxylic acids is 2. The van der Waals surface area contributed by atoms with Crippen molar-refractivity contribution >= 4 is 28.9 Å². The number of carbonyl (C=O) groups is 2. The second-order valence-corrected chi connectivity index (χ2v) is 6.94. The quantitative estimate of drug-likeness (QED) is 0.666. The van der Waals surface area contributed by atoms with Gasteiger partial charge >= 0.3 is 0 Å². The summed E-state index contributed by atoms with van der Waals surface area (Å²) < 4.78 is 26.8. The van der Waals surface area contributed by atoms with Crippen molar-refractivity contribution < 1.29 is 18.4 Å². The van der Waals surface area contributed by atoms with Gasteiger partial charge in [-0.1, -0.05) is 18.2 Å². The molecule has 3 aromatic rings. The molecule has 1 aliphatic rings. The third kappa shape index (κ3) is 4.15. The van der Waals surface area contributed by atoms with Gasteiger partial charge in [-0.05, 0) is 54.4 Å². The van der Waals surface area contributed by atoms with Crippen molar-refractivity contribution in [2.45, 2.75) is 6.42 Å². The predicted molar refractivity (Wildman–Crippen MR) is 112 cm³/mol. The summed E-state index contributed by atoms with van der Waals surface area (Å²) in [6, 6.07) is 17.5. The summed E-state index contributed by atoms with van der Waals surface area (Å²) in [5.41, 5.74) is 3.05. The molecule has 152 valence electrons. The van der Waals surface area contributed by atoms with Gasteiger partial charge in [0.1, 0.15) is 11.6 Å². The van der Waals surface area contributed by atoms with Gasteiger partial charge in [0.2, 0.25) is 5.91 Å². The molecule has 1 aliphatic heterocycles. The SMILES string of the molecule is O=C(CNc1ccc(C(=O)N2CCc3ccccc32)cc1)Nc1cc(F)ccc1F. The average molecular weight is 407 g/mol. The van der Waals surface area contributed by atoms with Crippen LogP contribution in [0.5, 0.6) is 0 Å². The Morgan fingerprint density at radius 1 is 0.967 bits per heavy atom. The Morgan fingerprint density at radius 3 is 2.53 bits per heavy atom. The van der Waals surface area contributed by atoms with Crippen LogP contribution < -0.4 is 15.5 Å². The number of anilines is 3. The van der Waals surface area contributed by atoms with Crippen LogP contribution in [0.3, 0.4) is 0 Å². The highest BCUT2D eigenvalue weighted by Gasteiger charge is 2.24. The molecule has 0 aliphatic carbocycles. The van der Waals surface area contributed by atoms with Crippen LogP contribution in [-0.4, -0.2) is 24.9 Å². The number of halogens is 2. The molecule has 0 spiro atoms. The van der Waals surface area contributed by atoms with Crippen LogP contribution in [0.2, 0.25) is 0 Å². The second-order valence-electron chi connectivity index (χ2n) is 6.94. The fraction of sp³-hybridized carbons (Fsp3) is 0.130. The molecule has 0 saturated carbocycles. The van der Waals surface area contributed by atoms with Crippen molar-refractivity contribution in [2.24, 2.45) is 0 Å². The molecule has 0 fully saturated rings. The average Bonchev–Trinajstić information content (AvgIpc) is 3.19. The van der Waals surface area contributed by atoms with E-state index in [4.69, 9.17) is 0 Å². The van der Waals surface area contributed by atoms with E-state index >= 15 is 0 Å². The molecule has 0 atom stereocenters. The van der Waals surface area contributed by atoms with Crippen LogP contribution in [-0.2, 0) is 11.2 Å². The number of para-hydroxylation sites is 1. The number of nitrogens with one attached hydrogen (secondary N) is 2. The summed E-state index contributed by atoms with van der Waals surface area (Å²) in [7, 11) is 0. The molecule has 0 saturated heterocycles. The minimum absolute atomic E-state index is 0.0779. The zero-order valence-electron chi connectivity index (χ0n) is 16.0. The van der Waals surface area contributed by atoms with Gasteiger partial charge < -0.3 is 15.5 Å². The summed E-state index contributed by atoms with van der Waals surface area (Å²) in [6.07, 6.45) is 0.836. The van der Waals surface area contributed by atoms with E-state index < -0.39 is 17.5 Å². The molecule has 0 bridgehead atoms. The third-order valence-electron chi connectivity index (χ3n) is 4.92. The zero-order valence-corrected chi connectivity index (χ0v) is 16.0. The number of rotatable bonds is 5. The Morgan fingerprint density at radius 2 is 1.73 bits per heavy atom. The van der Waals surface area contributed by atoms with E-state index in [-0.39, 0.29) is 18.1 Å². The predicted octanol–water partition coefficient (Wildman–Crippen LogP) is 4.22. The highest BCUT2D eigenvalue weighted by Crippen LogP contribution is 2.29. The van der Waals surface area contributed by atoms with Gasteiger partial charge in [-0.15, -0.1) is 0 Å². The van der Waals surface area contributed by atoms with Gasteiger partial charge in [-0.3, -0.25) is 9.59 Å². The Bertz CT molecular complexity index is 1100. The maximum atomic E-state index is 13.6. The normalized spacial score (nSPS) is 12.4. The van der Waals surface area contributed by atoms with E-state index in [2.05, 4.69) is 10.6 Å². The van der Waals surface area contributed by atoms with Crippen LogP contribution in [0.25, 0.3) is 0 Å². The number of benzene rings is 3. The maximum absolute atomic E-state index is 13.6. The molecule has 0 aromatic heterocycles. The van der Waals surface area contributed by atoms with Crippen LogP contribution in [0, 0.1) is 11.6 Å². The van der Waals surface area contributed by atoms with Crippen LogP contribution in [0.4, 0.5) is 25.8 Å². The molecule has 7 heteroatoms. The summed E-state index contributed by atoms with van der Waals surface area (Å²) in [5, 5.41) is 5.22. The topological polar surface area (TPSA) is 61.4 Å². The molecule has 5 nitrogen and oxygen atoms in total. The fourth-order valence-electron chi connectivity index (χ4n) is 3.41. The van der Waals surface area contributed by atoms with Crippen molar-refractivity contribution in [3.05, 3.63) is 89.5 Å². The van der Waals surface area contributed by atoms with E-state index in [9.17, 15) is 18.4 Å². The number of nitrogens with zero attached hydrogens (tertiary/aromatic N) is 1. The van der Waals surface area contributed by atoms with Crippen molar-refractivity contribution in [1.82, 2.24) is 0 Å². The molecular weight excluding hydrogens is 388 g/mol. The highest BCUT2D eigenvalue weighted by atomic mass is 19.1. The molecule has 3 aromatic carbocycles. The Hall–Kier alpha value is -3.74. The molecule has 2 N–H and O–H groups in total. The van der Waals surface area contributed by atoms with Gasteiger partial charge in [-0.2, -0.15) is 0 Å². The maximum Gasteiger partial charge on any atom is 0.258 e. The first-order valence-corrected chi connectivity index (χ1v) is 9.50. The lowest BCUT2D eigenvalue weighted by Crippen LogP contribution is -2.28. The number of fused-ring (bicyclic) bond motifs is 1. The van der Waals surface area contributed by atoms with Gasteiger partial charge in [-0.25, -0.2) is 8.78 Å². The largest absolute Gasteiger partial charge is 0.376 e. The summed E-state index contributed by atoms with van der Waals surface area (Å²) in [6.45, 7) is 0.512. The molecule has 2 amide bonds. The number of hydrogen-bond acceptors (Lipinski definition) is 3. The number of amides is 2. The lowest BCUT2D eigenvalue weighted by atomic mass is 10.1. The van der Waals surface area contributed by atoms with E-state index in [0.29, 0.717) is 17.8 Å². The summed E-state index contributed by atoms with van der Waals surface area (Å²) in [5.74, 6) is -1.95. The Kier molecular flexibility index (Phi) is 5.43. The summed E-state index contributed by atoms with van der Waals surface area (Å²) >= 11 is 0. The van der Waals surface area contributed by atoms with Crippen LogP contribution in [0.15, 0.2) is 66.7 Å². The van der Waals surface area contributed by atoms with Gasteiger partial charge in [0.15, 0.2) is 0 Å². The van der Waals surface area contributed by atoms with E-state index in [1.165, 1.54) is 0 Å². The van der Waals surface area contributed by atoms with E-state index in [1.54, 1.807) is 29.2 Å². The molecule has 30 heavy (non-hydrogen) atoms. The lowest BCUT2D eigenvalue weighted by Gasteiger charge is -2.17. The monoisotopic (exact) mass is 407 g/mol. The first kappa shape index (κ1) is 19.6. The van der Waals surface area contributed by atoms with Crippen molar-refractivity contribution in [3.8, 4) is 0 Å². The second kappa shape index (κ2) is 8.32. The molecule has 1 heterocycles. The van der Waals surface area contributed by atoms with Crippen molar-refractivity contribution in [3.63, 3.8) is 0 Å². The number of hydrogen-bond donors (Lipinski definition) is 2. The smallest absolute Gasteiger partial charge is 0.258 e. The zero-order chi connectivity index (χ0) is 21.1. The van der Waals surface area contributed by atoms with Crippen molar-refractivity contribution in [2.75, 3.05) is 28.6 Å². The minimum atomic E-state index is -0.712. The third-order valence-corrected chi connectivity index (χ3v) is 4.92.